The van der Waals surface area contributed by atoms with Gasteiger partial charge in [0.05, 0.1) is 19.2 Å². The smallest absolute Gasteiger partial charge is 0.277 e. The Morgan fingerprint density at radius 2 is 2.35 bits per heavy atom. The first-order valence-corrected chi connectivity index (χ1v) is 7.86. The molecule has 0 aliphatic carbocycles. The van der Waals surface area contributed by atoms with Crippen molar-refractivity contribution < 1.29 is 9.53 Å². The maximum absolute atomic E-state index is 12.3. The van der Waals surface area contributed by atoms with Crippen molar-refractivity contribution in [1.82, 2.24) is 24.9 Å². The minimum atomic E-state index is -0.246. The molecule has 0 radical (unpaired) electrons. The van der Waals surface area contributed by atoms with Crippen molar-refractivity contribution >= 4 is 11.7 Å². The number of carbonyl (C=O) groups is 1. The number of aromatic nitrogens is 4. The molecule has 0 bridgehead atoms. The summed E-state index contributed by atoms with van der Waals surface area (Å²) >= 11 is 0. The summed E-state index contributed by atoms with van der Waals surface area (Å²) in [5.41, 5.74) is 0.405. The lowest BCUT2D eigenvalue weighted by molar-refractivity contribution is 0.102. The van der Waals surface area contributed by atoms with Gasteiger partial charge >= 0.3 is 0 Å². The second-order valence-electron chi connectivity index (χ2n) is 5.59. The van der Waals surface area contributed by atoms with Gasteiger partial charge in [-0.2, -0.15) is 10.2 Å². The first-order valence-electron chi connectivity index (χ1n) is 7.86. The van der Waals surface area contributed by atoms with Gasteiger partial charge in [0.15, 0.2) is 11.5 Å². The molecule has 1 aliphatic heterocycles. The van der Waals surface area contributed by atoms with Gasteiger partial charge in [-0.1, -0.05) is 0 Å². The molecule has 2 aromatic heterocycles. The third-order valence-electron chi connectivity index (χ3n) is 3.89. The van der Waals surface area contributed by atoms with E-state index in [9.17, 15) is 4.79 Å². The van der Waals surface area contributed by atoms with E-state index in [0.717, 1.165) is 25.9 Å². The summed E-state index contributed by atoms with van der Waals surface area (Å²) in [6, 6.07) is 3.82. The lowest BCUT2D eigenvalue weighted by Gasteiger charge is -2.22. The number of methoxy groups -OCH3 is 1. The molecule has 2 N–H and O–H groups in total. The van der Waals surface area contributed by atoms with Crippen LogP contribution in [0.15, 0.2) is 24.5 Å². The van der Waals surface area contributed by atoms with Gasteiger partial charge in [0.25, 0.3) is 5.91 Å². The summed E-state index contributed by atoms with van der Waals surface area (Å²) in [5, 5.41) is 14.8. The Kier molecular flexibility index (Phi) is 5.04. The van der Waals surface area contributed by atoms with Crippen molar-refractivity contribution in [3.63, 3.8) is 0 Å². The van der Waals surface area contributed by atoms with Crippen LogP contribution in [0.3, 0.4) is 0 Å². The molecule has 0 spiro atoms. The van der Waals surface area contributed by atoms with E-state index in [1.54, 1.807) is 30.1 Å². The van der Waals surface area contributed by atoms with Crippen LogP contribution < -0.4 is 10.6 Å². The third-order valence-corrected chi connectivity index (χ3v) is 3.89. The van der Waals surface area contributed by atoms with E-state index < -0.39 is 0 Å². The Bertz CT molecular complexity index is 644. The van der Waals surface area contributed by atoms with Crippen molar-refractivity contribution in [3.05, 3.63) is 30.2 Å². The zero-order chi connectivity index (χ0) is 16.1. The molecular formula is C15H22N6O2. The zero-order valence-corrected chi connectivity index (χ0v) is 13.2. The van der Waals surface area contributed by atoms with Crippen LogP contribution in [0.25, 0.3) is 0 Å². The molecule has 2 aromatic rings. The van der Waals surface area contributed by atoms with Crippen molar-refractivity contribution in [1.29, 1.82) is 0 Å². The number of carbonyl (C=O) groups excluding carboxylic acids is 1. The molecule has 8 heteroatoms. The van der Waals surface area contributed by atoms with Crippen LogP contribution in [0.2, 0.25) is 0 Å². The predicted molar refractivity (Wildman–Crippen MR) is 85.4 cm³/mol. The Morgan fingerprint density at radius 3 is 3.13 bits per heavy atom. The molecule has 1 atom stereocenters. The van der Waals surface area contributed by atoms with Gasteiger partial charge in [-0.25, -0.2) is 0 Å². The Morgan fingerprint density at radius 1 is 1.43 bits per heavy atom. The Labute approximate surface area is 134 Å². The normalized spacial score (nSPS) is 18.0. The minimum absolute atomic E-state index is 0.246. The van der Waals surface area contributed by atoms with Gasteiger partial charge in [-0.3, -0.25) is 14.2 Å². The first kappa shape index (κ1) is 15.7. The average molecular weight is 318 g/mol. The molecule has 124 valence electrons. The van der Waals surface area contributed by atoms with Gasteiger partial charge in [0.2, 0.25) is 0 Å². The number of ether oxygens (including phenoxy) is 1. The van der Waals surface area contributed by atoms with Gasteiger partial charge < -0.3 is 15.4 Å². The van der Waals surface area contributed by atoms with Gasteiger partial charge in [0, 0.05) is 32.1 Å². The maximum Gasteiger partial charge on any atom is 0.277 e. The molecule has 1 fully saturated rings. The van der Waals surface area contributed by atoms with Gasteiger partial charge in [0.1, 0.15) is 0 Å². The van der Waals surface area contributed by atoms with E-state index >= 15 is 0 Å². The second-order valence-corrected chi connectivity index (χ2v) is 5.59. The molecule has 1 saturated heterocycles. The fourth-order valence-corrected chi connectivity index (χ4v) is 2.64. The zero-order valence-electron chi connectivity index (χ0n) is 13.2. The highest BCUT2D eigenvalue weighted by atomic mass is 16.5. The summed E-state index contributed by atoms with van der Waals surface area (Å²) < 4.78 is 8.60. The number of piperidine rings is 1. The second kappa shape index (κ2) is 7.38. The molecule has 0 aromatic carbocycles. The van der Waals surface area contributed by atoms with Crippen LogP contribution in [0, 0.1) is 0 Å². The number of nitrogens with zero attached hydrogens (tertiary/aromatic N) is 4. The predicted octanol–water partition coefficient (Wildman–Crippen LogP) is 0.903. The summed E-state index contributed by atoms with van der Waals surface area (Å²) in [4.78, 5) is 12.3. The monoisotopic (exact) mass is 318 g/mol. The van der Waals surface area contributed by atoms with E-state index in [2.05, 4.69) is 20.8 Å². The number of hydrogen-bond acceptors (Lipinski definition) is 5. The van der Waals surface area contributed by atoms with E-state index in [0.29, 0.717) is 30.7 Å². The Hall–Kier alpha value is -2.19. The van der Waals surface area contributed by atoms with E-state index in [1.807, 2.05) is 10.9 Å². The molecule has 1 aliphatic rings. The quantitative estimate of drug-likeness (QED) is 0.826. The van der Waals surface area contributed by atoms with Crippen LogP contribution in [-0.2, 0) is 11.3 Å². The molecule has 3 rings (SSSR count). The van der Waals surface area contributed by atoms with E-state index in [-0.39, 0.29) is 5.91 Å². The highest BCUT2D eigenvalue weighted by Crippen LogP contribution is 2.16. The maximum atomic E-state index is 12.3. The van der Waals surface area contributed by atoms with Gasteiger partial charge in [-0.05, 0) is 25.5 Å². The SMILES string of the molecule is COCCn1ccc(NC(=O)c2ccn(C3CCCNC3)n2)n1. The number of amides is 1. The summed E-state index contributed by atoms with van der Waals surface area (Å²) in [6.07, 6.45) is 5.88. The number of hydrogen-bond donors (Lipinski definition) is 2. The standard InChI is InChI=1S/C15H22N6O2/c1-23-10-9-20-7-5-14(19-20)17-15(22)13-4-8-21(18-13)12-3-2-6-16-11-12/h4-5,7-8,12,16H,2-3,6,9-11H2,1H3,(H,17,19,22). The van der Waals surface area contributed by atoms with Crippen molar-refractivity contribution in [2.45, 2.75) is 25.4 Å². The van der Waals surface area contributed by atoms with Crippen molar-refractivity contribution in [3.8, 4) is 0 Å². The van der Waals surface area contributed by atoms with Crippen molar-refractivity contribution in [2.75, 3.05) is 32.1 Å². The Balaban J connectivity index is 1.59. The highest BCUT2D eigenvalue weighted by Gasteiger charge is 2.18. The number of anilines is 1. The molecule has 1 amide bonds. The van der Waals surface area contributed by atoms with Gasteiger partial charge in [-0.15, -0.1) is 0 Å². The van der Waals surface area contributed by atoms with Crippen LogP contribution in [-0.4, -0.2) is 52.3 Å². The van der Waals surface area contributed by atoms with Crippen LogP contribution in [0.1, 0.15) is 29.4 Å². The molecule has 23 heavy (non-hydrogen) atoms. The molecule has 3 heterocycles. The topological polar surface area (TPSA) is 86.0 Å². The van der Waals surface area contributed by atoms with Crippen LogP contribution in [0.5, 0.6) is 0 Å². The van der Waals surface area contributed by atoms with E-state index in [1.165, 1.54) is 0 Å². The lowest BCUT2D eigenvalue weighted by Crippen LogP contribution is -2.32. The van der Waals surface area contributed by atoms with E-state index in [4.69, 9.17) is 4.74 Å². The molecule has 0 saturated carbocycles. The minimum Gasteiger partial charge on any atom is -0.383 e. The number of rotatable bonds is 6. The van der Waals surface area contributed by atoms with Crippen LogP contribution in [0.4, 0.5) is 5.82 Å². The largest absolute Gasteiger partial charge is 0.383 e. The molecule has 1 unspecified atom stereocenters. The fraction of sp³-hybridized carbons (Fsp3) is 0.533. The summed E-state index contributed by atoms with van der Waals surface area (Å²) in [6.45, 7) is 3.17. The first-order chi connectivity index (χ1) is 11.3. The van der Waals surface area contributed by atoms with Crippen molar-refractivity contribution in [2.24, 2.45) is 0 Å². The lowest BCUT2D eigenvalue weighted by atomic mass is 10.1. The summed E-state index contributed by atoms with van der Waals surface area (Å²) in [5.74, 6) is 0.268. The van der Waals surface area contributed by atoms with Crippen LogP contribution >= 0.6 is 0 Å². The highest BCUT2D eigenvalue weighted by molar-refractivity contribution is 6.02. The molecule has 8 nitrogen and oxygen atoms in total. The fourth-order valence-electron chi connectivity index (χ4n) is 2.64. The summed E-state index contributed by atoms with van der Waals surface area (Å²) in [7, 11) is 1.64. The number of nitrogens with one attached hydrogen (secondary N) is 2. The average Bonchev–Trinajstić information content (AvgIpc) is 3.23. The molecular weight excluding hydrogens is 296 g/mol. The third kappa shape index (κ3) is 3.96.